The number of aromatic nitrogens is 5. The third-order valence-corrected chi connectivity index (χ3v) is 7.61. The minimum atomic E-state index is -0.000543. The molecule has 2 saturated heterocycles. The van der Waals surface area contributed by atoms with E-state index in [1.54, 1.807) is 6.08 Å². The molecule has 2 aliphatic rings. The van der Waals surface area contributed by atoms with Crippen molar-refractivity contribution in [3.8, 4) is 11.4 Å². The number of fused-ring (bicyclic) bond motifs is 2. The minimum absolute atomic E-state index is 0. The van der Waals surface area contributed by atoms with Crippen molar-refractivity contribution in [1.29, 1.82) is 0 Å². The fourth-order valence-electron chi connectivity index (χ4n) is 5.48. The first-order valence-corrected chi connectivity index (χ1v) is 13.9. The maximum Gasteiger partial charge on any atom is 0.223 e. The van der Waals surface area contributed by atoms with Gasteiger partial charge in [-0.3, -0.25) is 19.6 Å². The SMILES string of the molecule is C/C=C\C(=O)CCC(=O)N1CCN(Cc2cc3c(N4CCOCC4)nc(-c4cccc5[nH]ncc45)nn3c2)CC1.[HH]. The van der Waals surface area contributed by atoms with Crippen molar-refractivity contribution >= 4 is 33.9 Å². The Morgan fingerprint density at radius 1 is 1.10 bits per heavy atom. The number of H-pyrrole nitrogens is 1. The van der Waals surface area contributed by atoms with Crippen LogP contribution in [0.15, 0.2) is 48.8 Å². The number of morpholine rings is 1. The predicted molar refractivity (Wildman–Crippen MR) is 154 cm³/mol. The van der Waals surface area contributed by atoms with Crippen LogP contribution in [0.4, 0.5) is 5.82 Å². The van der Waals surface area contributed by atoms with Crippen molar-refractivity contribution in [3.63, 3.8) is 0 Å². The minimum Gasteiger partial charge on any atom is -0.378 e. The molecule has 0 radical (unpaired) electrons. The molecule has 0 saturated carbocycles. The second kappa shape index (κ2) is 11.6. The van der Waals surface area contributed by atoms with Gasteiger partial charge in [0.05, 0.1) is 24.9 Å². The summed E-state index contributed by atoms with van der Waals surface area (Å²) in [6, 6.07) is 8.20. The standard InChI is InChI=1S/C29H34N8O3.H2/c1-2-4-22(38)7-8-27(39)35-11-9-34(10-12-35)19-21-17-26-29(36-13-15-40-16-14-36)31-28(33-37(26)20-21)23-5-3-6-25-24(23)18-30-32-25;/h2-6,17-18,20H,7-16,19H2,1H3,(H,30,32);1H/b4-2-;. The smallest absolute Gasteiger partial charge is 0.223 e. The van der Waals surface area contributed by atoms with Gasteiger partial charge in [0, 0.05) is 77.2 Å². The van der Waals surface area contributed by atoms with Gasteiger partial charge in [-0.2, -0.15) is 5.10 Å². The first-order chi connectivity index (χ1) is 19.6. The number of hydrogen-bond acceptors (Lipinski definition) is 8. The molecule has 0 unspecified atom stereocenters. The van der Waals surface area contributed by atoms with E-state index in [1.165, 1.54) is 6.08 Å². The molecule has 210 valence electrons. The van der Waals surface area contributed by atoms with Gasteiger partial charge in [-0.15, -0.1) is 5.10 Å². The molecule has 0 atom stereocenters. The Bertz CT molecular complexity index is 1550. The summed E-state index contributed by atoms with van der Waals surface area (Å²) >= 11 is 0. The normalized spacial score (nSPS) is 16.9. The van der Waals surface area contributed by atoms with E-state index >= 15 is 0 Å². The van der Waals surface area contributed by atoms with E-state index in [9.17, 15) is 9.59 Å². The highest BCUT2D eigenvalue weighted by Gasteiger charge is 2.24. The second-order valence-corrected chi connectivity index (χ2v) is 10.3. The lowest BCUT2D eigenvalue weighted by atomic mass is 10.1. The average molecular weight is 545 g/mol. The molecule has 40 heavy (non-hydrogen) atoms. The van der Waals surface area contributed by atoms with Gasteiger partial charge in [0.15, 0.2) is 17.4 Å². The number of nitrogens with zero attached hydrogens (tertiary/aromatic N) is 7. The third-order valence-electron chi connectivity index (χ3n) is 7.61. The first-order valence-electron chi connectivity index (χ1n) is 13.9. The van der Waals surface area contributed by atoms with Gasteiger partial charge in [0.2, 0.25) is 5.91 Å². The summed E-state index contributed by atoms with van der Waals surface area (Å²) in [5, 5.41) is 13.2. The summed E-state index contributed by atoms with van der Waals surface area (Å²) < 4.78 is 7.55. The Hall–Kier alpha value is -4.09. The van der Waals surface area contributed by atoms with Crippen LogP contribution in [0.2, 0.25) is 0 Å². The molecule has 4 aromatic rings. The lowest BCUT2D eigenvalue weighted by Crippen LogP contribution is -2.48. The Kier molecular flexibility index (Phi) is 7.56. The van der Waals surface area contributed by atoms with Crippen LogP contribution in [-0.2, 0) is 20.9 Å². The zero-order valence-corrected chi connectivity index (χ0v) is 22.8. The van der Waals surface area contributed by atoms with E-state index in [0.717, 1.165) is 66.1 Å². The number of nitrogens with one attached hydrogen (secondary N) is 1. The van der Waals surface area contributed by atoms with E-state index in [2.05, 4.69) is 32.3 Å². The van der Waals surface area contributed by atoms with Crippen molar-refractivity contribution in [1.82, 2.24) is 34.6 Å². The molecule has 6 rings (SSSR count). The Morgan fingerprint density at radius 2 is 1.93 bits per heavy atom. The molecule has 2 fully saturated rings. The van der Waals surface area contributed by atoms with Crippen molar-refractivity contribution in [2.75, 3.05) is 57.4 Å². The van der Waals surface area contributed by atoms with E-state index in [4.69, 9.17) is 14.8 Å². The van der Waals surface area contributed by atoms with Gasteiger partial charge in [0.1, 0.15) is 5.52 Å². The van der Waals surface area contributed by atoms with E-state index in [0.29, 0.717) is 32.1 Å². The predicted octanol–water partition coefficient (Wildman–Crippen LogP) is 2.92. The molecule has 0 aliphatic carbocycles. The van der Waals surface area contributed by atoms with Gasteiger partial charge >= 0.3 is 0 Å². The number of amides is 1. The molecule has 11 heteroatoms. The third kappa shape index (κ3) is 5.47. The zero-order chi connectivity index (χ0) is 27.5. The Balaban J connectivity index is 0.00000337. The Labute approximate surface area is 233 Å². The maximum absolute atomic E-state index is 12.6. The summed E-state index contributed by atoms with van der Waals surface area (Å²) in [7, 11) is 0. The summed E-state index contributed by atoms with van der Waals surface area (Å²) in [6.07, 6.45) is 7.69. The van der Waals surface area contributed by atoms with Crippen molar-refractivity contribution < 1.29 is 15.8 Å². The highest BCUT2D eigenvalue weighted by molar-refractivity contribution is 5.93. The van der Waals surface area contributed by atoms with Crippen LogP contribution >= 0.6 is 0 Å². The van der Waals surface area contributed by atoms with Crippen LogP contribution in [0.1, 0.15) is 26.8 Å². The topological polar surface area (TPSA) is 112 Å². The van der Waals surface area contributed by atoms with Crippen molar-refractivity contribution in [3.05, 3.63) is 54.4 Å². The summed E-state index contributed by atoms with van der Waals surface area (Å²) in [5.74, 6) is 1.61. The number of aromatic amines is 1. The average Bonchev–Trinajstić information content (AvgIpc) is 3.63. The van der Waals surface area contributed by atoms with E-state index in [-0.39, 0.29) is 26.0 Å². The van der Waals surface area contributed by atoms with Crippen molar-refractivity contribution in [2.24, 2.45) is 0 Å². The van der Waals surface area contributed by atoms with Gasteiger partial charge < -0.3 is 14.5 Å². The van der Waals surface area contributed by atoms with Gasteiger partial charge in [-0.05, 0) is 30.7 Å². The van der Waals surface area contributed by atoms with Crippen LogP contribution < -0.4 is 4.90 Å². The number of ketones is 1. The fourth-order valence-corrected chi connectivity index (χ4v) is 5.48. The molecule has 1 amide bonds. The van der Waals surface area contributed by atoms with Crippen LogP contribution in [0.3, 0.4) is 0 Å². The first kappa shape index (κ1) is 26.1. The molecule has 2 aliphatic heterocycles. The van der Waals surface area contributed by atoms with Crippen LogP contribution in [0.25, 0.3) is 27.8 Å². The van der Waals surface area contributed by atoms with E-state index < -0.39 is 0 Å². The fraction of sp³-hybridized carbons (Fsp3) is 0.414. The Morgan fingerprint density at radius 3 is 2.73 bits per heavy atom. The monoisotopic (exact) mass is 544 g/mol. The molecule has 5 heterocycles. The van der Waals surface area contributed by atoms with Crippen molar-refractivity contribution in [2.45, 2.75) is 26.3 Å². The number of carbonyl (C=O) groups is 2. The summed E-state index contributed by atoms with van der Waals surface area (Å²) in [6.45, 7) is 8.38. The lowest BCUT2D eigenvalue weighted by Gasteiger charge is -2.34. The van der Waals surface area contributed by atoms with Gasteiger partial charge in [-0.25, -0.2) is 9.50 Å². The number of hydrogen-bond donors (Lipinski definition) is 1. The highest BCUT2D eigenvalue weighted by atomic mass is 16.5. The van der Waals surface area contributed by atoms with Gasteiger partial charge in [-0.1, -0.05) is 18.2 Å². The molecule has 1 aromatic carbocycles. The quantitative estimate of drug-likeness (QED) is 0.337. The number of rotatable bonds is 8. The summed E-state index contributed by atoms with van der Waals surface area (Å²) in [5.41, 5.74) is 4.01. The van der Waals surface area contributed by atoms with Crippen LogP contribution in [-0.4, -0.2) is 98.8 Å². The number of ether oxygens (including phenoxy) is 1. The molecule has 11 nitrogen and oxygen atoms in total. The molecule has 0 bridgehead atoms. The molecule has 0 spiro atoms. The molecule has 3 aromatic heterocycles. The van der Waals surface area contributed by atoms with Crippen LogP contribution in [0.5, 0.6) is 0 Å². The number of piperazine rings is 1. The zero-order valence-electron chi connectivity index (χ0n) is 22.8. The second-order valence-electron chi connectivity index (χ2n) is 10.3. The summed E-state index contributed by atoms with van der Waals surface area (Å²) in [4.78, 5) is 35.9. The number of allylic oxidation sites excluding steroid dienone is 2. The molecule has 1 N–H and O–H groups in total. The largest absolute Gasteiger partial charge is 0.378 e. The molecular formula is C29H36N8O3. The van der Waals surface area contributed by atoms with Gasteiger partial charge in [0.25, 0.3) is 0 Å². The number of anilines is 1. The molecular weight excluding hydrogens is 508 g/mol. The van der Waals surface area contributed by atoms with E-state index in [1.807, 2.05) is 40.7 Å². The van der Waals surface area contributed by atoms with Crippen LogP contribution in [0, 0.1) is 0 Å². The number of carbonyl (C=O) groups excluding carboxylic acids is 2. The maximum atomic E-state index is 12.6. The number of benzene rings is 1. The highest BCUT2D eigenvalue weighted by Crippen LogP contribution is 2.29. The lowest BCUT2D eigenvalue weighted by molar-refractivity contribution is -0.134.